The van der Waals surface area contributed by atoms with Crippen LogP contribution < -0.4 is 9.88 Å². The van der Waals surface area contributed by atoms with Crippen LogP contribution >= 0.6 is 0 Å². The van der Waals surface area contributed by atoms with E-state index in [1.54, 1.807) is 0 Å². The number of anilines is 1. The van der Waals surface area contributed by atoms with Crippen LogP contribution in [0.2, 0.25) is 0 Å². The molecule has 0 spiro atoms. The number of carbonyl (C=O) groups excluding carboxylic acids is 1. The number of carbonyl (C=O) groups is 1. The van der Waals surface area contributed by atoms with Gasteiger partial charge in [-0.05, 0) is 50.1 Å². The Morgan fingerprint density at radius 2 is 1.90 bits per heavy atom. The van der Waals surface area contributed by atoms with E-state index in [1.165, 1.54) is 11.1 Å². The lowest BCUT2D eigenvalue weighted by molar-refractivity contribution is -0.705. The summed E-state index contributed by atoms with van der Waals surface area (Å²) in [5, 5.41) is 2.97. The lowest BCUT2D eigenvalue weighted by atomic mass is 10.1. The van der Waals surface area contributed by atoms with Crippen LogP contribution in [0, 0.1) is 20.8 Å². The van der Waals surface area contributed by atoms with E-state index in [-0.39, 0.29) is 11.9 Å². The molecule has 0 fully saturated rings. The molecule has 0 saturated carbocycles. The minimum Gasteiger partial charge on any atom is -0.320 e. The van der Waals surface area contributed by atoms with E-state index in [0.717, 1.165) is 11.3 Å². The van der Waals surface area contributed by atoms with Gasteiger partial charge >= 0.3 is 0 Å². The highest BCUT2D eigenvalue weighted by Crippen LogP contribution is 2.15. The molecule has 1 aromatic heterocycles. The van der Waals surface area contributed by atoms with Crippen molar-refractivity contribution in [3.63, 3.8) is 0 Å². The Bertz CT molecular complexity index is 635. The van der Waals surface area contributed by atoms with Crippen molar-refractivity contribution in [3.05, 3.63) is 59.4 Å². The first-order valence-corrected chi connectivity index (χ1v) is 6.83. The molecule has 1 heterocycles. The Labute approximate surface area is 120 Å². The van der Waals surface area contributed by atoms with Crippen molar-refractivity contribution in [2.45, 2.75) is 33.7 Å². The van der Waals surface area contributed by atoms with Crippen LogP contribution in [0.4, 0.5) is 5.69 Å². The van der Waals surface area contributed by atoms with Crippen LogP contribution in [0.5, 0.6) is 0 Å². The second-order valence-electron chi connectivity index (χ2n) is 5.29. The molecule has 1 atom stereocenters. The van der Waals surface area contributed by atoms with Gasteiger partial charge in [0.2, 0.25) is 6.04 Å². The molecule has 20 heavy (non-hydrogen) atoms. The smallest absolute Gasteiger partial charge is 0.293 e. The zero-order chi connectivity index (χ0) is 14.7. The number of hydrogen-bond acceptors (Lipinski definition) is 1. The fourth-order valence-corrected chi connectivity index (χ4v) is 2.06. The van der Waals surface area contributed by atoms with Crippen molar-refractivity contribution in [1.82, 2.24) is 0 Å². The van der Waals surface area contributed by atoms with Gasteiger partial charge in [-0.2, -0.15) is 4.57 Å². The number of nitrogens with one attached hydrogen (secondary N) is 1. The highest BCUT2D eigenvalue weighted by Gasteiger charge is 2.21. The van der Waals surface area contributed by atoms with Crippen molar-refractivity contribution in [2.24, 2.45) is 0 Å². The number of amides is 1. The molecule has 0 saturated heterocycles. The van der Waals surface area contributed by atoms with E-state index in [2.05, 4.69) is 12.2 Å². The summed E-state index contributed by atoms with van der Waals surface area (Å²) in [7, 11) is 0. The third-order valence-electron chi connectivity index (χ3n) is 3.57. The van der Waals surface area contributed by atoms with Gasteiger partial charge in [0.15, 0.2) is 12.4 Å². The number of benzene rings is 1. The summed E-state index contributed by atoms with van der Waals surface area (Å²) >= 11 is 0. The molecule has 0 unspecified atom stereocenters. The lowest BCUT2D eigenvalue weighted by Crippen LogP contribution is -2.44. The topological polar surface area (TPSA) is 33.0 Å². The Morgan fingerprint density at radius 3 is 2.55 bits per heavy atom. The maximum Gasteiger partial charge on any atom is 0.293 e. The van der Waals surface area contributed by atoms with Gasteiger partial charge in [-0.15, -0.1) is 0 Å². The molecule has 0 aliphatic carbocycles. The third kappa shape index (κ3) is 3.23. The fraction of sp³-hybridized carbons (Fsp3) is 0.294. The molecule has 1 aromatic carbocycles. The molecule has 0 aliphatic rings. The molecule has 0 bridgehead atoms. The van der Waals surface area contributed by atoms with Gasteiger partial charge < -0.3 is 5.32 Å². The summed E-state index contributed by atoms with van der Waals surface area (Å²) in [6.07, 6.45) is 3.89. The average Bonchev–Trinajstić information content (AvgIpc) is 2.42. The Hall–Kier alpha value is -2.16. The van der Waals surface area contributed by atoms with E-state index in [1.807, 2.05) is 68.1 Å². The Kier molecular flexibility index (Phi) is 4.18. The molecular formula is C17H21N2O+. The van der Waals surface area contributed by atoms with Crippen LogP contribution in [0.15, 0.2) is 42.7 Å². The van der Waals surface area contributed by atoms with Crippen molar-refractivity contribution >= 4 is 11.6 Å². The highest BCUT2D eigenvalue weighted by atomic mass is 16.2. The molecule has 3 heteroatoms. The minimum absolute atomic E-state index is 0.0103. The predicted octanol–water partition coefficient (Wildman–Crippen LogP) is 3.10. The fourth-order valence-electron chi connectivity index (χ4n) is 2.06. The number of rotatable bonds is 3. The van der Waals surface area contributed by atoms with Gasteiger partial charge in [0, 0.05) is 24.2 Å². The van der Waals surface area contributed by atoms with Gasteiger partial charge in [0.05, 0.1) is 0 Å². The number of aryl methyl sites for hydroxylation is 3. The second kappa shape index (κ2) is 5.87. The second-order valence-corrected chi connectivity index (χ2v) is 5.29. The monoisotopic (exact) mass is 269 g/mol. The first-order valence-electron chi connectivity index (χ1n) is 6.83. The zero-order valence-electron chi connectivity index (χ0n) is 12.5. The van der Waals surface area contributed by atoms with Crippen LogP contribution in [0.25, 0.3) is 0 Å². The Balaban J connectivity index is 2.13. The third-order valence-corrected chi connectivity index (χ3v) is 3.57. The van der Waals surface area contributed by atoms with Crippen molar-refractivity contribution in [1.29, 1.82) is 0 Å². The normalized spacial score (nSPS) is 12.0. The SMILES string of the molecule is Cc1ccc[n+]([C@H](C)C(=O)Nc2ccc(C)c(C)c2)c1. The summed E-state index contributed by atoms with van der Waals surface area (Å²) in [4.78, 5) is 12.3. The van der Waals surface area contributed by atoms with Crippen LogP contribution in [0.1, 0.15) is 29.7 Å². The molecule has 0 aliphatic heterocycles. The molecule has 1 amide bonds. The largest absolute Gasteiger partial charge is 0.320 e. The molecule has 3 nitrogen and oxygen atoms in total. The number of nitrogens with zero attached hydrogens (tertiary/aromatic N) is 1. The highest BCUT2D eigenvalue weighted by molar-refractivity contribution is 5.92. The zero-order valence-corrected chi connectivity index (χ0v) is 12.5. The maximum atomic E-state index is 12.3. The lowest BCUT2D eigenvalue weighted by Gasteiger charge is -2.10. The molecule has 2 aromatic rings. The standard InChI is InChI=1S/C17H20N2O/c1-12-6-5-9-19(11-12)15(4)17(20)18-16-8-7-13(2)14(3)10-16/h5-11,15H,1-4H3/p+1/t15-/m1/s1. The van der Waals surface area contributed by atoms with Gasteiger partial charge in [-0.1, -0.05) is 6.07 Å². The van der Waals surface area contributed by atoms with Crippen molar-refractivity contribution < 1.29 is 9.36 Å². The number of aromatic nitrogens is 1. The molecule has 2 rings (SSSR count). The van der Waals surface area contributed by atoms with E-state index < -0.39 is 0 Å². The Morgan fingerprint density at radius 1 is 1.15 bits per heavy atom. The first-order chi connectivity index (χ1) is 9.47. The van der Waals surface area contributed by atoms with Gasteiger partial charge in [0.25, 0.3) is 5.91 Å². The van der Waals surface area contributed by atoms with Gasteiger partial charge in [-0.3, -0.25) is 4.79 Å². The summed E-state index contributed by atoms with van der Waals surface area (Å²) in [6, 6.07) is 9.69. The number of pyridine rings is 1. The average molecular weight is 269 g/mol. The summed E-state index contributed by atoms with van der Waals surface area (Å²) in [6.45, 7) is 8.02. The maximum absolute atomic E-state index is 12.3. The van der Waals surface area contributed by atoms with Gasteiger partial charge in [0.1, 0.15) is 0 Å². The molecular weight excluding hydrogens is 248 g/mol. The van der Waals surface area contributed by atoms with Crippen LogP contribution in [0.3, 0.4) is 0 Å². The van der Waals surface area contributed by atoms with Gasteiger partial charge in [-0.25, -0.2) is 0 Å². The van der Waals surface area contributed by atoms with Crippen LogP contribution in [-0.4, -0.2) is 5.91 Å². The molecule has 1 N–H and O–H groups in total. The summed E-state index contributed by atoms with van der Waals surface area (Å²) < 4.78 is 1.92. The molecule has 104 valence electrons. The minimum atomic E-state index is -0.239. The van der Waals surface area contributed by atoms with Crippen molar-refractivity contribution in [3.8, 4) is 0 Å². The van der Waals surface area contributed by atoms with E-state index in [4.69, 9.17) is 0 Å². The summed E-state index contributed by atoms with van der Waals surface area (Å²) in [5.74, 6) is -0.0103. The first kappa shape index (κ1) is 14.3. The summed E-state index contributed by atoms with van der Waals surface area (Å²) in [5.41, 5.74) is 4.39. The predicted molar refractivity (Wildman–Crippen MR) is 80.6 cm³/mol. The quantitative estimate of drug-likeness (QED) is 0.853. The van der Waals surface area contributed by atoms with E-state index >= 15 is 0 Å². The van der Waals surface area contributed by atoms with E-state index in [9.17, 15) is 4.79 Å². The van der Waals surface area contributed by atoms with E-state index in [0.29, 0.717) is 0 Å². The molecule has 0 radical (unpaired) electrons. The van der Waals surface area contributed by atoms with Crippen molar-refractivity contribution in [2.75, 3.05) is 5.32 Å². The number of hydrogen-bond donors (Lipinski definition) is 1. The van der Waals surface area contributed by atoms with Crippen LogP contribution in [-0.2, 0) is 4.79 Å².